The SMILES string of the molecule is COc1cc(C=NNc2nn[nH]n2)ccc1OC(=O)c1cccs1. The summed E-state index contributed by atoms with van der Waals surface area (Å²) in [7, 11) is 1.50. The molecule has 0 aliphatic carbocycles. The van der Waals surface area contributed by atoms with Gasteiger partial charge in [-0.3, -0.25) is 0 Å². The molecule has 0 unspecified atom stereocenters. The summed E-state index contributed by atoms with van der Waals surface area (Å²) < 4.78 is 10.6. The minimum absolute atomic E-state index is 0.250. The predicted molar refractivity (Wildman–Crippen MR) is 87.7 cm³/mol. The number of rotatable bonds is 6. The summed E-state index contributed by atoms with van der Waals surface area (Å²) in [6.07, 6.45) is 1.55. The largest absolute Gasteiger partial charge is 0.493 e. The van der Waals surface area contributed by atoms with Crippen molar-refractivity contribution in [2.75, 3.05) is 12.5 Å². The number of carbonyl (C=O) groups excluding carboxylic acids is 1. The van der Waals surface area contributed by atoms with Crippen LogP contribution in [0.2, 0.25) is 0 Å². The number of anilines is 1. The first-order valence-electron chi connectivity index (χ1n) is 6.72. The van der Waals surface area contributed by atoms with Crippen LogP contribution in [0.3, 0.4) is 0 Å². The van der Waals surface area contributed by atoms with Gasteiger partial charge in [-0.1, -0.05) is 11.2 Å². The van der Waals surface area contributed by atoms with Crippen LogP contribution in [0.1, 0.15) is 15.2 Å². The summed E-state index contributed by atoms with van der Waals surface area (Å²) >= 11 is 1.31. The van der Waals surface area contributed by atoms with Crippen molar-refractivity contribution in [3.63, 3.8) is 0 Å². The highest BCUT2D eigenvalue weighted by Gasteiger charge is 2.13. The monoisotopic (exact) mass is 344 g/mol. The third-order valence-corrected chi connectivity index (χ3v) is 3.69. The first-order valence-corrected chi connectivity index (χ1v) is 7.60. The number of hydrazone groups is 1. The molecule has 3 rings (SSSR count). The number of benzene rings is 1. The minimum Gasteiger partial charge on any atom is -0.493 e. The van der Waals surface area contributed by atoms with E-state index in [1.165, 1.54) is 18.4 Å². The third kappa shape index (κ3) is 3.73. The highest BCUT2D eigenvalue weighted by Crippen LogP contribution is 2.28. The first-order chi connectivity index (χ1) is 11.8. The first kappa shape index (κ1) is 15.6. The van der Waals surface area contributed by atoms with Crippen LogP contribution < -0.4 is 14.9 Å². The molecule has 2 heterocycles. The standard InChI is InChI=1S/C14H12N6O3S/c1-22-11-7-9(8-15-16-14-17-19-20-18-14)4-5-10(11)23-13(21)12-3-2-6-24-12/h2-8H,1H3,(H2,16,17,18,19,20). The summed E-state index contributed by atoms with van der Waals surface area (Å²) in [6.45, 7) is 0. The molecule has 0 aliphatic rings. The summed E-state index contributed by atoms with van der Waals surface area (Å²) in [5.41, 5.74) is 3.34. The molecule has 24 heavy (non-hydrogen) atoms. The van der Waals surface area contributed by atoms with Gasteiger partial charge in [-0.05, 0) is 40.4 Å². The zero-order chi connectivity index (χ0) is 16.8. The van der Waals surface area contributed by atoms with Gasteiger partial charge in [0, 0.05) is 0 Å². The molecule has 0 bridgehead atoms. The second-order valence-corrected chi connectivity index (χ2v) is 5.33. The zero-order valence-corrected chi connectivity index (χ0v) is 13.3. The van der Waals surface area contributed by atoms with Crippen LogP contribution in [0, 0.1) is 0 Å². The highest BCUT2D eigenvalue weighted by molar-refractivity contribution is 7.12. The van der Waals surface area contributed by atoms with Crippen LogP contribution in [0.15, 0.2) is 40.8 Å². The Balaban J connectivity index is 1.70. The Morgan fingerprint density at radius 2 is 2.29 bits per heavy atom. The lowest BCUT2D eigenvalue weighted by Crippen LogP contribution is -2.07. The molecule has 2 aromatic heterocycles. The van der Waals surface area contributed by atoms with E-state index in [1.807, 2.05) is 5.38 Å². The molecule has 3 aromatic rings. The van der Waals surface area contributed by atoms with Gasteiger partial charge in [0.05, 0.1) is 13.3 Å². The van der Waals surface area contributed by atoms with E-state index in [1.54, 1.807) is 36.5 Å². The number of H-pyrrole nitrogens is 1. The molecule has 0 aliphatic heterocycles. The van der Waals surface area contributed by atoms with E-state index in [0.29, 0.717) is 16.4 Å². The molecular formula is C14H12N6O3S. The predicted octanol–water partition coefficient (Wildman–Crippen LogP) is 1.93. The highest BCUT2D eigenvalue weighted by atomic mass is 32.1. The smallest absolute Gasteiger partial charge is 0.353 e. The number of esters is 1. The van der Waals surface area contributed by atoms with Crippen LogP contribution >= 0.6 is 11.3 Å². The van der Waals surface area contributed by atoms with E-state index in [0.717, 1.165) is 5.56 Å². The Labute approximate surface area is 140 Å². The normalized spacial score (nSPS) is 10.7. The maximum absolute atomic E-state index is 12.0. The Morgan fingerprint density at radius 1 is 1.38 bits per heavy atom. The zero-order valence-electron chi connectivity index (χ0n) is 12.5. The number of aromatic nitrogens is 4. The van der Waals surface area contributed by atoms with E-state index in [9.17, 15) is 4.79 Å². The summed E-state index contributed by atoms with van der Waals surface area (Å²) in [4.78, 5) is 12.5. The van der Waals surface area contributed by atoms with E-state index >= 15 is 0 Å². The maximum Gasteiger partial charge on any atom is 0.353 e. The fraction of sp³-hybridized carbons (Fsp3) is 0.0714. The van der Waals surface area contributed by atoms with Crippen molar-refractivity contribution in [2.24, 2.45) is 5.10 Å². The molecule has 0 atom stereocenters. The van der Waals surface area contributed by atoms with Gasteiger partial charge in [-0.25, -0.2) is 10.2 Å². The number of hydrogen-bond donors (Lipinski definition) is 2. The van der Waals surface area contributed by atoms with Crippen molar-refractivity contribution in [3.05, 3.63) is 46.2 Å². The number of aromatic amines is 1. The second kappa shape index (κ2) is 7.33. The van der Waals surface area contributed by atoms with E-state index < -0.39 is 5.97 Å². The van der Waals surface area contributed by atoms with Crippen molar-refractivity contribution < 1.29 is 14.3 Å². The maximum atomic E-state index is 12.0. The molecule has 122 valence electrons. The molecule has 0 spiro atoms. The molecule has 0 saturated carbocycles. The van der Waals surface area contributed by atoms with Crippen LogP contribution in [-0.4, -0.2) is 39.9 Å². The lowest BCUT2D eigenvalue weighted by atomic mass is 10.2. The molecule has 0 fully saturated rings. The van der Waals surface area contributed by atoms with Gasteiger partial charge < -0.3 is 9.47 Å². The van der Waals surface area contributed by atoms with Gasteiger partial charge in [0.1, 0.15) is 4.88 Å². The molecule has 1 aromatic carbocycles. The molecule has 10 heteroatoms. The Bertz CT molecular complexity index is 832. The van der Waals surface area contributed by atoms with Crippen LogP contribution in [0.5, 0.6) is 11.5 Å². The van der Waals surface area contributed by atoms with Gasteiger partial charge in [0.25, 0.3) is 5.95 Å². The number of nitrogens with zero attached hydrogens (tertiary/aromatic N) is 4. The minimum atomic E-state index is -0.427. The van der Waals surface area contributed by atoms with Crippen LogP contribution in [-0.2, 0) is 0 Å². The van der Waals surface area contributed by atoms with Crippen LogP contribution in [0.4, 0.5) is 5.95 Å². The van der Waals surface area contributed by atoms with E-state index in [-0.39, 0.29) is 5.95 Å². The Morgan fingerprint density at radius 3 is 3.00 bits per heavy atom. The second-order valence-electron chi connectivity index (χ2n) is 4.38. The number of thiophene rings is 1. The average Bonchev–Trinajstić information content (AvgIpc) is 3.29. The summed E-state index contributed by atoms with van der Waals surface area (Å²) in [6, 6.07) is 8.55. The van der Waals surface area contributed by atoms with Crippen molar-refractivity contribution >= 4 is 29.5 Å². The van der Waals surface area contributed by atoms with Crippen molar-refractivity contribution in [2.45, 2.75) is 0 Å². The van der Waals surface area contributed by atoms with Crippen molar-refractivity contribution in [1.82, 2.24) is 20.6 Å². The number of tetrazole rings is 1. The number of nitrogens with one attached hydrogen (secondary N) is 2. The van der Waals surface area contributed by atoms with Gasteiger partial charge in [-0.2, -0.15) is 10.3 Å². The topological polar surface area (TPSA) is 114 Å². The lowest BCUT2D eigenvalue weighted by molar-refractivity contribution is 0.0735. The number of methoxy groups -OCH3 is 1. The number of hydrogen-bond acceptors (Lipinski definition) is 9. The van der Waals surface area contributed by atoms with E-state index in [2.05, 4.69) is 31.2 Å². The van der Waals surface area contributed by atoms with Gasteiger partial charge >= 0.3 is 5.97 Å². The van der Waals surface area contributed by atoms with Crippen molar-refractivity contribution in [1.29, 1.82) is 0 Å². The van der Waals surface area contributed by atoms with Crippen LogP contribution in [0.25, 0.3) is 0 Å². The molecule has 9 nitrogen and oxygen atoms in total. The molecular weight excluding hydrogens is 332 g/mol. The molecule has 0 amide bonds. The fourth-order valence-corrected chi connectivity index (χ4v) is 2.37. The summed E-state index contributed by atoms with van der Waals surface area (Å²) in [5.74, 6) is 0.575. The lowest BCUT2D eigenvalue weighted by Gasteiger charge is -2.09. The number of carbonyl (C=O) groups is 1. The quantitative estimate of drug-likeness (QED) is 0.304. The van der Waals surface area contributed by atoms with Gasteiger partial charge in [0.15, 0.2) is 11.5 Å². The summed E-state index contributed by atoms with van der Waals surface area (Å²) in [5, 5.41) is 18.9. The fourth-order valence-electron chi connectivity index (χ4n) is 1.77. The molecule has 0 saturated heterocycles. The van der Waals surface area contributed by atoms with Crippen molar-refractivity contribution in [3.8, 4) is 11.5 Å². The third-order valence-electron chi connectivity index (χ3n) is 2.84. The Hall–Kier alpha value is -3.27. The number of ether oxygens (including phenoxy) is 2. The van der Waals surface area contributed by atoms with Gasteiger partial charge in [-0.15, -0.1) is 16.4 Å². The molecule has 0 radical (unpaired) electrons. The average molecular weight is 344 g/mol. The van der Waals surface area contributed by atoms with E-state index in [4.69, 9.17) is 9.47 Å². The Kier molecular flexibility index (Phi) is 4.77. The molecule has 2 N–H and O–H groups in total. The van der Waals surface area contributed by atoms with Gasteiger partial charge in [0.2, 0.25) is 0 Å².